The van der Waals surface area contributed by atoms with Crippen LogP contribution in [-0.4, -0.2) is 22.3 Å². The molecule has 27 heavy (non-hydrogen) atoms. The fourth-order valence-corrected chi connectivity index (χ4v) is 3.02. The van der Waals surface area contributed by atoms with Crippen molar-refractivity contribution in [1.82, 2.24) is 9.78 Å². The van der Waals surface area contributed by atoms with Gasteiger partial charge in [0.25, 0.3) is 0 Å². The Kier molecular flexibility index (Phi) is 4.33. The summed E-state index contributed by atoms with van der Waals surface area (Å²) in [6, 6.07) is 14.4. The second-order valence-corrected chi connectivity index (χ2v) is 5.93. The van der Waals surface area contributed by atoms with Gasteiger partial charge in [-0.15, -0.1) is 0 Å². The predicted octanol–water partition coefficient (Wildman–Crippen LogP) is 3.18. The zero-order chi connectivity index (χ0) is 18.8. The van der Waals surface area contributed by atoms with E-state index in [1.165, 1.54) is 10.9 Å². The van der Waals surface area contributed by atoms with Crippen LogP contribution in [0.3, 0.4) is 0 Å². The first-order chi connectivity index (χ1) is 13.2. The van der Waals surface area contributed by atoms with Crippen LogP contribution in [-0.2, 0) is 11.3 Å². The van der Waals surface area contributed by atoms with Crippen LogP contribution in [0.2, 0.25) is 0 Å². The SMILES string of the molecule is CCOc1ccccc1NC(=O)Cn1ncc2c(=O)oc3ccccc3c21. The van der Waals surface area contributed by atoms with E-state index in [-0.39, 0.29) is 12.5 Å². The molecule has 2 aromatic heterocycles. The van der Waals surface area contributed by atoms with Gasteiger partial charge in [-0.1, -0.05) is 24.3 Å². The van der Waals surface area contributed by atoms with Crippen molar-refractivity contribution in [2.45, 2.75) is 13.5 Å². The third-order valence-electron chi connectivity index (χ3n) is 4.16. The van der Waals surface area contributed by atoms with Crippen LogP contribution in [0.4, 0.5) is 5.69 Å². The molecule has 0 saturated carbocycles. The number of rotatable bonds is 5. The van der Waals surface area contributed by atoms with Gasteiger partial charge in [-0.05, 0) is 31.2 Å². The highest BCUT2D eigenvalue weighted by Gasteiger charge is 2.15. The van der Waals surface area contributed by atoms with Gasteiger partial charge in [-0.25, -0.2) is 4.79 Å². The molecule has 2 heterocycles. The van der Waals surface area contributed by atoms with E-state index in [2.05, 4.69) is 10.4 Å². The van der Waals surface area contributed by atoms with Crippen molar-refractivity contribution < 1.29 is 13.9 Å². The van der Waals surface area contributed by atoms with Crippen molar-refractivity contribution in [2.75, 3.05) is 11.9 Å². The number of para-hydroxylation sites is 3. The summed E-state index contributed by atoms with van der Waals surface area (Å²) in [5.41, 5.74) is 1.15. The number of aromatic nitrogens is 2. The first-order valence-electron chi connectivity index (χ1n) is 8.56. The molecule has 0 radical (unpaired) electrons. The van der Waals surface area contributed by atoms with Crippen molar-refractivity contribution in [3.8, 4) is 5.75 Å². The molecule has 0 aliphatic carbocycles. The fraction of sp³-hybridized carbons (Fsp3) is 0.150. The largest absolute Gasteiger partial charge is 0.492 e. The molecule has 1 N–H and O–H groups in total. The van der Waals surface area contributed by atoms with Gasteiger partial charge < -0.3 is 14.5 Å². The lowest BCUT2D eigenvalue weighted by atomic mass is 10.2. The van der Waals surface area contributed by atoms with Crippen LogP contribution in [0.15, 0.2) is 63.9 Å². The maximum absolute atomic E-state index is 12.6. The standard InChI is InChI=1S/C20H17N3O4/c1-2-26-17-10-6-4-8-15(17)22-18(24)12-23-19-13-7-3-5-9-16(13)27-20(25)14(19)11-21-23/h3-11H,2,12H2,1H3,(H,22,24). The van der Waals surface area contributed by atoms with E-state index in [4.69, 9.17) is 9.15 Å². The molecule has 7 nitrogen and oxygen atoms in total. The number of ether oxygens (including phenoxy) is 1. The van der Waals surface area contributed by atoms with Gasteiger partial charge in [0.15, 0.2) is 0 Å². The van der Waals surface area contributed by atoms with Gasteiger partial charge in [0.2, 0.25) is 5.91 Å². The summed E-state index contributed by atoms with van der Waals surface area (Å²) < 4.78 is 12.3. The average molecular weight is 363 g/mol. The zero-order valence-corrected chi connectivity index (χ0v) is 14.6. The molecule has 1 amide bonds. The Morgan fingerprint density at radius 1 is 1.15 bits per heavy atom. The van der Waals surface area contributed by atoms with Gasteiger partial charge in [-0.2, -0.15) is 5.10 Å². The van der Waals surface area contributed by atoms with Gasteiger partial charge in [0, 0.05) is 5.39 Å². The molecule has 0 atom stereocenters. The number of amides is 1. The number of carbonyl (C=O) groups is 1. The minimum absolute atomic E-state index is 0.0442. The summed E-state index contributed by atoms with van der Waals surface area (Å²) >= 11 is 0. The number of nitrogens with zero attached hydrogens (tertiary/aromatic N) is 2. The lowest BCUT2D eigenvalue weighted by molar-refractivity contribution is -0.116. The van der Waals surface area contributed by atoms with Crippen LogP contribution >= 0.6 is 0 Å². The molecular weight excluding hydrogens is 346 g/mol. The van der Waals surface area contributed by atoms with E-state index in [0.29, 0.717) is 34.5 Å². The van der Waals surface area contributed by atoms with E-state index in [0.717, 1.165) is 5.39 Å². The van der Waals surface area contributed by atoms with Gasteiger partial charge >= 0.3 is 5.63 Å². The maximum Gasteiger partial charge on any atom is 0.347 e. The van der Waals surface area contributed by atoms with E-state index < -0.39 is 5.63 Å². The van der Waals surface area contributed by atoms with Gasteiger partial charge in [0.1, 0.15) is 23.3 Å². The molecule has 4 aromatic rings. The van der Waals surface area contributed by atoms with E-state index in [9.17, 15) is 9.59 Å². The Morgan fingerprint density at radius 3 is 2.78 bits per heavy atom. The molecular formula is C20H17N3O4. The summed E-state index contributed by atoms with van der Waals surface area (Å²) in [4.78, 5) is 24.7. The van der Waals surface area contributed by atoms with E-state index in [1.807, 2.05) is 31.2 Å². The van der Waals surface area contributed by atoms with Crippen molar-refractivity contribution in [3.63, 3.8) is 0 Å². The normalized spacial score (nSPS) is 11.0. The lowest BCUT2D eigenvalue weighted by Crippen LogP contribution is -2.20. The zero-order valence-electron chi connectivity index (χ0n) is 14.6. The molecule has 7 heteroatoms. The van der Waals surface area contributed by atoms with Gasteiger partial charge in [-0.3, -0.25) is 9.48 Å². The van der Waals surface area contributed by atoms with Crippen LogP contribution in [0, 0.1) is 0 Å². The molecule has 0 bridgehead atoms. The van der Waals surface area contributed by atoms with E-state index >= 15 is 0 Å². The van der Waals surface area contributed by atoms with Crippen molar-refractivity contribution in [2.24, 2.45) is 0 Å². The number of benzene rings is 2. The number of hydrogen-bond acceptors (Lipinski definition) is 5. The van der Waals surface area contributed by atoms with Crippen LogP contribution in [0.5, 0.6) is 5.75 Å². The molecule has 0 aliphatic heterocycles. The molecule has 0 saturated heterocycles. The Hall–Kier alpha value is -3.61. The summed E-state index contributed by atoms with van der Waals surface area (Å²) in [7, 11) is 0. The third-order valence-corrected chi connectivity index (χ3v) is 4.16. The minimum Gasteiger partial charge on any atom is -0.492 e. The summed E-state index contributed by atoms with van der Waals surface area (Å²) in [5.74, 6) is 0.328. The van der Waals surface area contributed by atoms with Crippen molar-refractivity contribution in [3.05, 3.63) is 65.1 Å². The molecule has 0 aliphatic rings. The number of fused-ring (bicyclic) bond motifs is 3. The number of nitrogens with one attached hydrogen (secondary N) is 1. The number of anilines is 1. The first kappa shape index (κ1) is 16.8. The Labute approximate surface area is 154 Å². The predicted molar refractivity (Wildman–Crippen MR) is 102 cm³/mol. The Balaban J connectivity index is 1.68. The summed E-state index contributed by atoms with van der Waals surface area (Å²) in [6.45, 7) is 2.33. The highest BCUT2D eigenvalue weighted by atomic mass is 16.5. The molecule has 4 rings (SSSR count). The molecule has 0 spiro atoms. The fourth-order valence-electron chi connectivity index (χ4n) is 3.02. The topological polar surface area (TPSA) is 86.4 Å². The monoisotopic (exact) mass is 363 g/mol. The molecule has 136 valence electrons. The molecule has 2 aromatic carbocycles. The average Bonchev–Trinajstić information content (AvgIpc) is 3.08. The second kappa shape index (κ2) is 6.95. The van der Waals surface area contributed by atoms with Crippen LogP contribution in [0.1, 0.15) is 6.92 Å². The Bertz CT molecular complexity index is 1190. The minimum atomic E-state index is -0.475. The third kappa shape index (κ3) is 3.15. The maximum atomic E-state index is 12.6. The molecule has 0 unspecified atom stereocenters. The van der Waals surface area contributed by atoms with Crippen LogP contribution in [0.25, 0.3) is 21.9 Å². The lowest BCUT2D eigenvalue weighted by Gasteiger charge is -2.11. The number of carbonyl (C=O) groups excluding carboxylic acids is 1. The molecule has 0 fully saturated rings. The van der Waals surface area contributed by atoms with Crippen LogP contribution < -0.4 is 15.7 Å². The second-order valence-electron chi connectivity index (χ2n) is 5.93. The summed E-state index contributed by atoms with van der Waals surface area (Å²) in [5, 5.41) is 8.12. The smallest absolute Gasteiger partial charge is 0.347 e. The van der Waals surface area contributed by atoms with Crippen molar-refractivity contribution >= 4 is 33.5 Å². The van der Waals surface area contributed by atoms with Gasteiger partial charge in [0.05, 0.1) is 24.0 Å². The number of hydrogen-bond donors (Lipinski definition) is 1. The highest BCUT2D eigenvalue weighted by Crippen LogP contribution is 2.25. The van der Waals surface area contributed by atoms with Crippen molar-refractivity contribution in [1.29, 1.82) is 0 Å². The highest BCUT2D eigenvalue weighted by molar-refractivity contribution is 6.02. The van der Waals surface area contributed by atoms with E-state index in [1.54, 1.807) is 24.3 Å². The quantitative estimate of drug-likeness (QED) is 0.550. The first-order valence-corrected chi connectivity index (χ1v) is 8.56. The summed E-state index contributed by atoms with van der Waals surface area (Å²) in [6.07, 6.45) is 1.43. The Morgan fingerprint density at radius 2 is 1.93 bits per heavy atom.